The van der Waals surface area contributed by atoms with Gasteiger partial charge in [-0.1, -0.05) is 4.49 Å². The Hall–Kier alpha value is -1.76. The minimum absolute atomic E-state index is 0.0316. The third kappa shape index (κ3) is 2.68. The van der Waals surface area contributed by atoms with Crippen LogP contribution in [0.5, 0.6) is 0 Å². The Labute approximate surface area is 103 Å². The zero-order valence-electron chi connectivity index (χ0n) is 10.0. The number of esters is 1. The lowest BCUT2D eigenvalue weighted by atomic mass is 10.1. The summed E-state index contributed by atoms with van der Waals surface area (Å²) in [6, 6.07) is 0. The SMILES string of the molecule is CN=C(C)/C(C(=O)OC)=C(\O)c1snnc1C. The van der Waals surface area contributed by atoms with Gasteiger partial charge in [-0.15, -0.1) is 5.10 Å². The van der Waals surface area contributed by atoms with Crippen molar-refractivity contribution in [3.8, 4) is 0 Å². The molecule has 0 aliphatic carbocycles. The summed E-state index contributed by atoms with van der Waals surface area (Å²) in [5, 5.41) is 13.9. The van der Waals surface area contributed by atoms with Crippen LogP contribution in [0, 0.1) is 6.92 Å². The summed E-state index contributed by atoms with van der Waals surface area (Å²) in [5.74, 6) is -0.842. The minimum atomic E-state index is -0.640. The second-order valence-corrected chi connectivity index (χ2v) is 3.97. The first-order valence-electron chi connectivity index (χ1n) is 4.77. The van der Waals surface area contributed by atoms with Crippen LogP contribution in [0.1, 0.15) is 17.5 Å². The van der Waals surface area contributed by atoms with Gasteiger partial charge in [0.2, 0.25) is 0 Å². The molecule has 0 fully saturated rings. The zero-order valence-corrected chi connectivity index (χ0v) is 10.8. The Kier molecular flexibility index (Phi) is 4.33. The second-order valence-electron chi connectivity index (χ2n) is 3.21. The molecule has 0 bridgehead atoms. The van der Waals surface area contributed by atoms with E-state index in [1.165, 1.54) is 14.2 Å². The number of aromatic nitrogens is 2. The average molecular weight is 255 g/mol. The highest BCUT2D eigenvalue weighted by atomic mass is 32.1. The van der Waals surface area contributed by atoms with E-state index < -0.39 is 5.97 Å². The number of rotatable bonds is 3. The van der Waals surface area contributed by atoms with Crippen molar-refractivity contribution in [1.82, 2.24) is 9.59 Å². The molecule has 0 aromatic carbocycles. The molecule has 0 saturated heterocycles. The van der Waals surface area contributed by atoms with E-state index >= 15 is 0 Å². The molecular weight excluding hydrogens is 242 g/mol. The standard InChI is InChI=1S/C10H13N3O3S/c1-5(11-3)7(10(15)16-4)8(14)9-6(2)12-13-17-9/h14H,1-4H3/b8-7+,11-5?. The van der Waals surface area contributed by atoms with Crippen molar-refractivity contribution in [2.24, 2.45) is 4.99 Å². The smallest absolute Gasteiger partial charge is 0.343 e. The normalized spacial score (nSPS) is 13.3. The van der Waals surface area contributed by atoms with Crippen LogP contribution >= 0.6 is 11.5 Å². The molecule has 92 valence electrons. The van der Waals surface area contributed by atoms with Gasteiger partial charge >= 0.3 is 5.97 Å². The molecule has 0 aliphatic heterocycles. The van der Waals surface area contributed by atoms with Crippen LogP contribution in [0.2, 0.25) is 0 Å². The molecule has 1 N–H and O–H groups in total. The Morgan fingerprint density at radius 3 is 2.59 bits per heavy atom. The number of ether oxygens (including phenoxy) is 1. The molecule has 17 heavy (non-hydrogen) atoms. The van der Waals surface area contributed by atoms with Crippen molar-refractivity contribution in [1.29, 1.82) is 0 Å². The first-order valence-corrected chi connectivity index (χ1v) is 5.54. The van der Waals surface area contributed by atoms with Crippen LogP contribution in [0.25, 0.3) is 5.76 Å². The van der Waals surface area contributed by atoms with Gasteiger partial charge in [-0.3, -0.25) is 4.99 Å². The molecule has 0 spiro atoms. The summed E-state index contributed by atoms with van der Waals surface area (Å²) in [7, 11) is 2.78. The fraction of sp³-hybridized carbons (Fsp3) is 0.400. The van der Waals surface area contributed by atoms with Crippen LogP contribution in [0.15, 0.2) is 10.6 Å². The minimum Gasteiger partial charge on any atom is -0.505 e. The Morgan fingerprint density at radius 1 is 1.53 bits per heavy atom. The quantitative estimate of drug-likeness (QED) is 0.382. The van der Waals surface area contributed by atoms with E-state index in [1.54, 1.807) is 13.8 Å². The summed E-state index contributed by atoms with van der Waals surface area (Å²) in [4.78, 5) is 15.9. The van der Waals surface area contributed by atoms with Crippen LogP contribution in [0.3, 0.4) is 0 Å². The summed E-state index contributed by atoms with van der Waals surface area (Å²) < 4.78 is 8.32. The van der Waals surface area contributed by atoms with Gasteiger partial charge in [0.05, 0.1) is 12.8 Å². The molecule has 0 saturated carbocycles. The predicted octanol–water partition coefficient (Wildman–Crippen LogP) is 1.38. The molecular formula is C10H13N3O3S. The molecule has 0 radical (unpaired) electrons. The number of aliphatic imine (C=N–C) groups is 1. The fourth-order valence-corrected chi connectivity index (χ4v) is 1.80. The van der Waals surface area contributed by atoms with Crippen molar-refractivity contribution < 1.29 is 14.6 Å². The lowest BCUT2D eigenvalue weighted by molar-refractivity contribution is -0.135. The molecule has 0 amide bonds. The average Bonchev–Trinajstić information content (AvgIpc) is 2.74. The van der Waals surface area contributed by atoms with Crippen molar-refractivity contribution in [3.63, 3.8) is 0 Å². The Bertz CT molecular complexity index is 491. The van der Waals surface area contributed by atoms with Crippen LogP contribution in [0.4, 0.5) is 0 Å². The summed E-state index contributed by atoms with van der Waals surface area (Å²) in [6.45, 7) is 3.31. The number of carbonyl (C=O) groups excluding carboxylic acids is 1. The molecule has 7 heteroatoms. The second kappa shape index (κ2) is 5.53. The Balaban J connectivity index is 3.39. The third-order valence-electron chi connectivity index (χ3n) is 2.19. The monoisotopic (exact) mass is 255 g/mol. The molecule has 0 unspecified atom stereocenters. The fourth-order valence-electron chi connectivity index (χ4n) is 1.19. The van der Waals surface area contributed by atoms with Crippen molar-refractivity contribution >= 4 is 29.0 Å². The van der Waals surface area contributed by atoms with Gasteiger partial charge in [0, 0.05) is 12.8 Å². The summed E-state index contributed by atoms with van der Waals surface area (Å²) in [5.41, 5.74) is 0.976. The van der Waals surface area contributed by atoms with Crippen LogP contribution in [-0.4, -0.2) is 40.5 Å². The number of aryl methyl sites for hydroxylation is 1. The van der Waals surface area contributed by atoms with Gasteiger partial charge in [0.25, 0.3) is 0 Å². The van der Waals surface area contributed by atoms with Gasteiger partial charge < -0.3 is 9.84 Å². The van der Waals surface area contributed by atoms with Gasteiger partial charge in [-0.25, -0.2) is 4.79 Å². The topological polar surface area (TPSA) is 84.7 Å². The highest BCUT2D eigenvalue weighted by Crippen LogP contribution is 2.23. The number of aliphatic hydroxyl groups excluding tert-OH is 1. The maximum Gasteiger partial charge on any atom is 0.343 e. The number of carbonyl (C=O) groups is 1. The van der Waals surface area contributed by atoms with Gasteiger partial charge in [0.1, 0.15) is 10.5 Å². The number of methoxy groups -OCH3 is 1. The van der Waals surface area contributed by atoms with Gasteiger partial charge in [-0.05, 0) is 25.4 Å². The van der Waals surface area contributed by atoms with E-state index in [-0.39, 0.29) is 11.3 Å². The number of hydrogen-bond acceptors (Lipinski definition) is 7. The van der Waals surface area contributed by atoms with Gasteiger partial charge in [0.15, 0.2) is 5.76 Å². The lowest BCUT2D eigenvalue weighted by Crippen LogP contribution is -2.14. The predicted molar refractivity (Wildman–Crippen MR) is 65.2 cm³/mol. The number of hydrogen-bond donors (Lipinski definition) is 1. The first-order chi connectivity index (χ1) is 8.02. The first kappa shape index (κ1) is 13.3. The van der Waals surface area contributed by atoms with E-state index in [0.717, 1.165) is 11.5 Å². The van der Waals surface area contributed by atoms with Crippen molar-refractivity contribution in [3.05, 3.63) is 16.1 Å². The molecule has 6 nitrogen and oxygen atoms in total. The van der Waals surface area contributed by atoms with E-state index in [2.05, 4.69) is 19.3 Å². The lowest BCUT2D eigenvalue weighted by Gasteiger charge is -2.07. The Morgan fingerprint density at radius 2 is 2.18 bits per heavy atom. The van der Waals surface area contributed by atoms with Crippen LogP contribution in [-0.2, 0) is 9.53 Å². The highest BCUT2D eigenvalue weighted by Gasteiger charge is 2.22. The molecule has 0 aliphatic rings. The molecule has 0 atom stereocenters. The summed E-state index contributed by atoms with van der Waals surface area (Å²) >= 11 is 1.01. The van der Waals surface area contributed by atoms with Crippen molar-refractivity contribution in [2.75, 3.05) is 14.2 Å². The van der Waals surface area contributed by atoms with E-state index in [1.807, 2.05) is 0 Å². The maximum atomic E-state index is 11.6. The number of nitrogens with zero attached hydrogens (tertiary/aromatic N) is 3. The van der Waals surface area contributed by atoms with Crippen molar-refractivity contribution in [2.45, 2.75) is 13.8 Å². The van der Waals surface area contributed by atoms with E-state index in [4.69, 9.17) is 0 Å². The molecule has 1 aromatic heterocycles. The number of aliphatic hydroxyl groups is 1. The zero-order chi connectivity index (χ0) is 13.0. The summed E-state index contributed by atoms with van der Waals surface area (Å²) in [6.07, 6.45) is 0. The highest BCUT2D eigenvalue weighted by molar-refractivity contribution is 7.06. The maximum absolute atomic E-state index is 11.6. The molecule has 1 aromatic rings. The van der Waals surface area contributed by atoms with Crippen LogP contribution < -0.4 is 0 Å². The van der Waals surface area contributed by atoms with E-state index in [0.29, 0.717) is 16.3 Å². The van der Waals surface area contributed by atoms with Gasteiger partial charge in [-0.2, -0.15) is 0 Å². The molecule has 1 heterocycles. The van der Waals surface area contributed by atoms with E-state index in [9.17, 15) is 9.90 Å². The molecule has 1 rings (SSSR count). The largest absolute Gasteiger partial charge is 0.505 e. The third-order valence-corrected chi connectivity index (χ3v) is 3.02.